The lowest BCUT2D eigenvalue weighted by atomic mass is 9.94. The molecule has 0 atom stereocenters. The van der Waals surface area contributed by atoms with E-state index >= 15 is 0 Å². The number of pyridine rings is 1. The number of fused-ring (bicyclic) bond motifs is 1. The van der Waals surface area contributed by atoms with Crippen LogP contribution in [0, 0.1) is 0 Å². The van der Waals surface area contributed by atoms with Gasteiger partial charge in [0, 0.05) is 32.1 Å². The Bertz CT molecular complexity index is 1530. The molecule has 5 rings (SSSR count). The fourth-order valence-corrected chi connectivity index (χ4v) is 4.69. The van der Waals surface area contributed by atoms with Gasteiger partial charge in [-0.1, -0.05) is 90.8 Å². The van der Waals surface area contributed by atoms with Gasteiger partial charge >= 0.3 is 0 Å². The van der Waals surface area contributed by atoms with Gasteiger partial charge in [-0.3, -0.25) is 4.79 Å². The summed E-state index contributed by atoms with van der Waals surface area (Å²) in [5.74, 6) is 0.593. The highest BCUT2D eigenvalue weighted by molar-refractivity contribution is 6.32. The maximum atomic E-state index is 13.4. The van der Waals surface area contributed by atoms with Crippen LogP contribution in [0.5, 0.6) is 0 Å². The molecule has 1 aromatic heterocycles. The third-order valence-electron chi connectivity index (χ3n) is 5.98. The average Bonchev–Trinajstić information content (AvgIpc) is 2.89. The van der Waals surface area contributed by atoms with Crippen molar-refractivity contribution in [2.75, 3.05) is 5.32 Å². The van der Waals surface area contributed by atoms with E-state index < -0.39 is 0 Å². The molecule has 0 amide bonds. The molecule has 5 aromatic rings. The minimum absolute atomic E-state index is 0.107. The van der Waals surface area contributed by atoms with Crippen LogP contribution in [-0.2, 0) is 6.42 Å². The van der Waals surface area contributed by atoms with Crippen molar-refractivity contribution in [3.05, 3.63) is 124 Å². The van der Waals surface area contributed by atoms with Crippen molar-refractivity contribution in [1.29, 1.82) is 0 Å². The van der Waals surface area contributed by atoms with Crippen LogP contribution in [0.15, 0.2) is 97.1 Å². The van der Waals surface area contributed by atoms with Gasteiger partial charge in [0.25, 0.3) is 0 Å². The first-order valence-electron chi connectivity index (χ1n) is 11.4. The summed E-state index contributed by atoms with van der Waals surface area (Å²) >= 11 is 12.7. The third kappa shape index (κ3) is 4.66. The van der Waals surface area contributed by atoms with E-state index in [0.717, 1.165) is 34.0 Å². The van der Waals surface area contributed by atoms with E-state index in [9.17, 15) is 4.79 Å². The Morgan fingerprint density at radius 2 is 1.49 bits per heavy atom. The number of rotatable bonds is 6. The molecule has 0 spiro atoms. The number of anilines is 2. The lowest BCUT2D eigenvalue weighted by Gasteiger charge is -2.19. The number of halogens is 2. The number of nitrogens with zero attached hydrogens (tertiary/aromatic N) is 1. The van der Waals surface area contributed by atoms with Crippen LogP contribution in [-0.4, -0.2) is 10.8 Å². The number of aromatic nitrogens is 1. The van der Waals surface area contributed by atoms with E-state index in [0.29, 0.717) is 32.7 Å². The van der Waals surface area contributed by atoms with Crippen molar-refractivity contribution in [3.8, 4) is 11.1 Å². The Hall–Kier alpha value is -3.66. The van der Waals surface area contributed by atoms with Crippen molar-refractivity contribution in [3.63, 3.8) is 0 Å². The molecule has 1 N–H and O–H groups in total. The van der Waals surface area contributed by atoms with Crippen molar-refractivity contribution < 1.29 is 4.79 Å². The maximum absolute atomic E-state index is 13.4. The standard InChI is InChI=1S/C30H22Cl2N2O/c1-2-23-28(19-9-5-3-6-10-19)24-17-21(31)13-15-26(24)33-30(23)34-27-16-14-22(32)18-25(27)29(35)20-11-7-4-8-12-20/h3-18H,2H2,1H3,(H,33,34). The molecular weight excluding hydrogens is 475 g/mol. The molecule has 0 fully saturated rings. The second-order valence-electron chi connectivity index (χ2n) is 8.21. The van der Waals surface area contributed by atoms with Crippen LogP contribution in [0.4, 0.5) is 11.5 Å². The summed E-state index contributed by atoms with van der Waals surface area (Å²) in [6.07, 6.45) is 0.734. The van der Waals surface area contributed by atoms with Gasteiger partial charge in [-0.2, -0.15) is 0 Å². The summed E-state index contributed by atoms with van der Waals surface area (Å²) in [5.41, 5.74) is 5.76. The molecule has 1 heterocycles. The van der Waals surface area contributed by atoms with Crippen LogP contribution < -0.4 is 5.32 Å². The van der Waals surface area contributed by atoms with Crippen LogP contribution in [0.2, 0.25) is 10.0 Å². The molecule has 4 aromatic carbocycles. The number of benzene rings is 4. The van der Waals surface area contributed by atoms with Gasteiger partial charge in [0.2, 0.25) is 0 Å². The number of hydrogen-bond acceptors (Lipinski definition) is 3. The van der Waals surface area contributed by atoms with E-state index in [1.807, 2.05) is 60.7 Å². The van der Waals surface area contributed by atoms with E-state index in [4.69, 9.17) is 28.2 Å². The molecule has 0 aliphatic heterocycles. The third-order valence-corrected chi connectivity index (χ3v) is 6.45. The summed E-state index contributed by atoms with van der Waals surface area (Å²) in [4.78, 5) is 18.3. The number of ketones is 1. The monoisotopic (exact) mass is 496 g/mol. The summed E-state index contributed by atoms with van der Waals surface area (Å²) in [6.45, 7) is 2.10. The van der Waals surface area contributed by atoms with Crippen LogP contribution in [0.25, 0.3) is 22.0 Å². The Morgan fingerprint density at radius 3 is 2.20 bits per heavy atom. The quantitative estimate of drug-likeness (QED) is 0.239. The van der Waals surface area contributed by atoms with Crippen molar-refractivity contribution >= 4 is 51.4 Å². The van der Waals surface area contributed by atoms with Crippen molar-refractivity contribution in [1.82, 2.24) is 4.98 Å². The highest BCUT2D eigenvalue weighted by Crippen LogP contribution is 2.38. The number of hydrogen-bond donors (Lipinski definition) is 1. The van der Waals surface area contributed by atoms with Gasteiger partial charge in [0.15, 0.2) is 5.78 Å². The number of carbonyl (C=O) groups is 1. The molecule has 3 nitrogen and oxygen atoms in total. The summed E-state index contributed by atoms with van der Waals surface area (Å²) < 4.78 is 0. The van der Waals surface area contributed by atoms with Crippen molar-refractivity contribution in [2.24, 2.45) is 0 Å². The van der Waals surface area contributed by atoms with E-state index in [1.54, 1.807) is 24.3 Å². The van der Waals surface area contributed by atoms with E-state index in [1.165, 1.54) is 0 Å². The Kier molecular flexibility index (Phi) is 6.54. The molecule has 172 valence electrons. The highest BCUT2D eigenvalue weighted by atomic mass is 35.5. The zero-order valence-electron chi connectivity index (χ0n) is 19.1. The van der Waals surface area contributed by atoms with Gasteiger partial charge < -0.3 is 5.32 Å². The molecule has 0 bridgehead atoms. The smallest absolute Gasteiger partial charge is 0.195 e. The molecule has 5 heteroatoms. The molecule has 0 saturated carbocycles. The lowest BCUT2D eigenvalue weighted by Crippen LogP contribution is -2.08. The molecule has 0 radical (unpaired) electrons. The van der Waals surface area contributed by atoms with Gasteiger partial charge in [-0.25, -0.2) is 4.98 Å². The normalized spacial score (nSPS) is 10.9. The second kappa shape index (κ2) is 9.91. The predicted molar refractivity (Wildman–Crippen MR) is 146 cm³/mol. The number of carbonyl (C=O) groups excluding carboxylic acids is 1. The van der Waals surface area contributed by atoms with Crippen LogP contribution in [0.3, 0.4) is 0 Å². The lowest BCUT2D eigenvalue weighted by molar-refractivity contribution is 0.103. The average molecular weight is 497 g/mol. The first-order valence-corrected chi connectivity index (χ1v) is 12.1. The second-order valence-corrected chi connectivity index (χ2v) is 9.08. The fourth-order valence-electron chi connectivity index (χ4n) is 4.34. The first-order chi connectivity index (χ1) is 17.0. The zero-order chi connectivity index (χ0) is 24.4. The minimum Gasteiger partial charge on any atom is -0.339 e. The van der Waals surface area contributed by atoms with Gasteiger partial charge in [0.1, 0.15) is 5.82 Å². The fraction of sp³-hybridized carbons (Fsp3) is 0.0667. The summed E-state index contributed by atoms with van der Waals surface area (Å²) in [7, 11) is 0. The van der Waals surface area contributed by atoms with Crippen LogP contribution in [0.1, 0.15) is 28.4 Å². The minimum atomic E-state index is -0.107. The molecular formula is C30H22Cl2N2O. The van der Waals surface area contributed by atoms with Gasteiger partial charge in [-0.05, 0) is 53.9 Å². The van der Waals surface area contributed by atoms with Gasteiger partial charge in [-0.15, -0.1) is 0 Å². The topological polar surface area (TPSA) is 42.0 Å². The van der Waals surface area contributed by atoms with Crippen molar-refractivity contribution in [2.45, 2.75) is 13.3 Å². The molecule has 0 aliphatic carbocycles. The largest absolute Gasteiger partial charge is 0.339 e. The predicted octanol–water partition coefficient (Wildman–Crippen LogP) is 8.75. The molecule has 0 saturated heterocycles. The Labute approximate surface area is 214 Å². The Balaban J connectivity index is 1.70. The first kappa shape index (κ1) is 23.1. The maximum Gasteiger partial charge on any atom is 0.195 e. The summed E-state index contributed by atoms with van der Waals surface area (Å²) in [5, 5.41) is 5.61. The zero-order valence-corrected chi connectivity index (χ0v) is 20.6. The van der Waals surface area contributed by atoms with Gasteiger partial charge in [0.05, 0.1) is 11.2 Å². The number of nitrogens with one attached hydrogen (secondary N) is 1. The van der Waals surface area contributed by atoms with Crippen LogP contribution >= 0.6 is 23.2 Å². The highest BCUT2D eigenvalue weighted by Gasteiger charge is 2.19. The Morgan fingerprint density at radius 1 is 0.829 bits per heavy atom. The SMILES string of the molecule is CCc1c(Nc2ccc(Cl)cc2C(=O)c2ccccc2)nc2ccc(Cl)cc2c1-c1ccccc1. The molecule has 0 aliphatic rings. The van der Waals surface area contributed by atoms with E-state index in [-0.39, 0.29) is 5.78 Å². The summed E-state index contributed by atoms with van der Waals surface area (Å²) in [6, 6.07) is 30.4. The van der Waals surface area contributed by atoms with E-state index in [2.05, 4.69) is 24.4 Å². The molecule has 0 unspecified atom stereocenters. The molecule has 35 heavy (non-hydrogen) atoms.